The Labute approximate surface area is 73.0 Å². The molecule has 7 nitrogen and oxygen atoms in total. The van der Waals surface area contributed by atoms with Crippen LogP contribution in [-0.2, 0) is 9.59 Å². The lowest BCUT2D eigenvalue weighted by Crippen LogP contribution is -2.40. The molecule has 0 saturated carbocycles. The number of hydrogen-bond acceptors (Lipinski definition) is 3. The molecule has 0 aliphatic rings. The normalized spacial score (nSPS) is 11.7. The van der Waals surface area contributed by atoms with Gasteiger partial charge in [0.2, 0.25) is 0 Å². The van der Waals surface area contributed by atoms with E-state index in [0.29, 0.717) is 0 Å². The van der Waals surface area contributed by atoms with E-state index >= 15 is 0 Å². The van der Waals surface area contributed by atoms with Gasteiger partial charge in [-0.3, -0.25) is 4.79 Å². The lowest BCUT2D eigenvalue weighted by atomic mass is 10.1. The summed E-state index contributed by atoms with van der Waals surface area (Å²) in [4.78, 5) is 30.4. The van der Waals surface area contributed by atoms with Crippen LogP contribution in [0.1, 0.15) is 12.8 Å². The van der Waals surface area contributed by atoms with Crippen LogP contribution < -0.4 is 5.32 Å². The molecule has 0 aromatic carbocycles. The van der Waals surface area contributed by atoms with Gasteiger partial charge >= 0.3 is 18.0 Å². The molecule has 0 aromatic rings. The molecule has 7 heteroatoms. The number of carbonyl (C=O) groups is 3. The van der Waals surface area contributed by atoms with E-state index in [1.165, 1.54) is 0 Å². The average Bonchev–Trinajstić information content (AvgIpc) is 1.96. The van der Waals surface area contributed by atoms with Gasteiger partial charge in [-0.2, -0.15) is 0 Å². The third kappa shape index (κ3) is 5.48. The fraction of sp³-hybridized carbons (Fsp3) is 0.500. The second kappa shape index (κ2) is 4.96. The second-order valence-electron chi connectivity index (χ2n) is 2.27. The Morgan fingerprint density at radius 1 is 1.15 bits per heavy atom. The number of aliphatic carboxylic acids is 2. The number of rotatable bonds is 5. The number of amides is 1. The third-order valence-corrected chi connectivity index (χ3v) is 1.24. The molecule has 74 valence electrons. The van der Waals surface area contributed by atoms with E-state index in [-0.39, 0.29) is 6.42 Å². The van der Waals surface area contributed by atoms with E-state index < -0.39 is 30.5 Å². The summed E-state index contributed by atoms with van der Waals surface area (Å²) >= 11 is 0. The predicted octanol–water partition coefficient (Wildman–Crippen LogP) is -0.428. The van der Waals surface area contributed by atoms with Crippen LogP contribution in [0.5, 0.6) is 0 Å². The summed E-state index contributed by atoms with van der Waals surface area (Å²) in [5.41, 5.74) is 0. The second-order valence-corrected chi connectivity index (χ2v) is 2.27. The van der Waals surface area contributed by atoms with E-state index in [1.807, 2.05) is 0 Å². The summed E-state index contributed by atoms with van der Waals surface area (Å²) in [6, 6.07) is -1.37. The van der Waals surface area contributed by atoms with Crippen molar-refractivity contribution in [2.45, 2.75) is 18.9 Å². The van der Waals surface area contributed by atoms with Gasteiger partial charge in [0.25, 0.3) is 0 Å². The van der Waals surface area contributed by atoms with Crippen LogP contribution in [0.4, 0.5) is 4.79 Å². The van der Waals surface area contributed by atoms with Crippen LogP contribution in [0.2, 0.25) is 0 Å². The van der Waals surface area contributed by atoms with Gasteiger partial charge < -0.3 is 20.6 Å². The van der Waals surface area contributed by atoms with Gasteiger partial charge in [0.15, 0.2) is 0 Å². The van der Waals surface area contributed by atoms with Crippen LogP contribution in [-0.4, -0.2) is 39.4 Å². The molecule has 0 heterocycles. The maximum atomic E-state index is 10.3. The number of hydrogen-bond donors (Lipinski definition) is 4. The minimum Gasteiger partial charge on any atom is -0.481 e. The third-order valence-electron chi connectivity index (χ3n) is 1.24. The van der Waals surface area contributed by atoms with Crippen molar-refractivity contribution in [2.75, 3.05) is 0 Å². The molecular formula is C6H9NO6. The Bertz CT molecular complexity index is 225. The Kier molecular flexibility index (Phi) is 4.28. The molecule has 1 atom stereocenters. The van der Waals surface area contributed by atoms with Crippen molar-refractivity contribution < 1.29 is 29.7 Å². The van der Waals surface area contributed by atoms with Crippen molar-refractivity contribution in [1.29, 1.82) is 0 Å². The lowest BCUT2D eigenvalue weighted by Gasteiger charge is -2.09. The summed E-state index contributed by atoms with van der Waals surface area (Å²) in [6.07, 6.45) is -2.15. The van der Waals surface area contributed by atoms with Crippen LogP contribution in [0, 0.1) is 0 Å². The van der Waals surface area contributed by atoms with E-state index in [0.717, 1.165) is 0 Å². The maximum absolute atomic E-state index is 10.3. The first kappa shape index (κ1) is 11.2. The fourth-order valence-corrected chi connectivity index (χ4v) is 0.674. The van der Waals surface area contributed by atoms with Gasteiger partial charge in [0.1, 0.15) is 6.04 Å². The molecule has 0 aliphatic carbocycles. The molecule has 1 amide bonds. The summed E-state index contributed by atoms with van der Waals surface area (Å²) < 4.78 is 0. The van der Waals surface area contributed by atoms with Gasteiger partial charge in [-0.05, 0) is 6.42 Å². The largest absolute Gasteiger partial charge is 0.481 e. The van der Waals surface area contributed by atoms with E-state index in [9.17, 15) is 14.4 Å². The first-order valence-electron chi connectivity index (χ1n) is 3.37. The Morgan fingerprint density at radius 3 is 2.00 bits per heavy atom. The van der Waals surface area contributed by atoms with E-state index in [1.54, 1.807) is 5.32 Å². The fourth-order valence-electron chi connectivity index (χ4n) is 0.674. The molecule has 0 spiro atoms. The van der Waals surface area contributed by atoms with Gasteiger partial charge in [-0.15, -0.1) is 0 Å². The van der Waals surface area contributed by atoms with E-state index in [2.05, 4.69) is 0 Å². The first-order valence-corrected chi connectivity index (χ1v) is 3.37. The maximum Gasteiger partial charge on any atom is 0.405 e. The predicted molar refractivity (Wildman–Crippen MR) is 39.5 cm³/mol. The lowest BCUT2D eigenvalue weighted by molar-refractivity contribution is -0.140. The smallest absolute Gasteiger partial charge is 0.405 e. The van der Waals surface area contributed by atoms with Crippen molar-refractivity contribution >= 4 is 18.0 Å². The van der Waals surface area contributed by atoms with Crippen molar-refractivity contribution in [3.05, 3.63) is 0 Å². The van der Waals surface area contributed by atoms with Gasteiger partial charge in [0, 0.05) is 6.42 Å². The molecule has 0 saturated heterocycles. The van der Waals surface area contributed by atoms with Gasteiger partial charge in [-0.25, -0.2) is 9.59 Å². The van der Waals surface area contributed by atoms with Crippen molar-refractivity contribution in [3.8, 4) is 0 Å². The van der Waals surface area contributed by atoms with Crippen molar-refractivity contribution in [3.63, 3.8) is 0 Å². The standard InChI is InChI=1S/C6H9NO6/c8-4(9)2-1-3(5(10)11)7-6(12)13/h3,7H,1-2H2,(H,8,9)(H,10,11)(H,12,13)/t3-/m1/s1. The molecular weight excluding hydrogens is 182 g/mol. The average molecular weight is 191 g/mol. The molecule has 4 N–H and O–H groups in total. The van der Waals surface area contributed by atoms with Crippen molar-refractivity contribution in [2.24, 2.45) is 0 Å². The molecule has 0 radical (unpaired) electrons. The quantitative estimate of drug-likeness (QED) is 0.467. The van der Waals surface area contributed by atoms with Crippen LogP contribution in [0.15, 0.2) is 0 Å². The summed E-state index contributed by atoms with van der Waals surface area (Å²) in [6.45, 7) is 0. The molecule has 0 aromatic heterocycles. The van der Waals surface area contributed by atoms with Gasteiger partial charge in [-0.1, -0.05) is 0 Å². The molecule has 0 aliphatic heterocycles. The summed E-state index contributed by atoms with van der Waals surface area (Å²) in [5.74, 6) is -2.55. The highest BCUT2D eigenvalue weighted by Gasteiger charge is 2.20. The topological polar surface area (TPSA) is 124 Å². The zero-order valence-electron chi connectivity index (χ0n) is 6.56. The minimum absolute atomic E-state index is 0.267. The highest BCUT2D eigenvalue weighted by atomic mass is 16.4. The minimum atomic E-state index is -1.49. The molecule has 0 bridgehead atoms. The molecule has 0 fully saturated rings. The van der Waals surface area contributed by atoms with Gasteiger partial charge in [0.05, 0.1) is 0 Å². The summed E-state index contributed by atoms with van der Waals surface area (Å²) in [5, 5.41) is 26.5. The van der Waals surface area contributed by atoms with Crippen LogP contribution in [0.3, 0.4) is 0 Å². The highest BCUT2D eigenvalue weighted by molar-refractivity contribution is 5.79. The summed E-state index contributed by atoms with van der Waals surface area (Å²) in [7, 11) is 0. The number of carboxylic acid groups (broad SMARTS) is 3. The molecule has 13 heavy (non-hydrogen) atoms. The Balaban J connectivity index is 4.02. The van der Waals surface area contributed by atoms with Crippen LogP contribution >= 0.6 is 0 Å². The Morgan fingerprint density at radius 2 is 1.69 bits per heavy atom. The zero-order chi connectivity index (χ0) is 10.4. The monoisotopic (exact) mass is 191 g/mol. The van der Waals surface area contributed by atoms with Crippen LogP contribution in [0.25, 0.3) is 0 Å². The molecule has 0 rings (SSSR count). The SMILES string of the molecule is O=C(O)CC[C@@H](NC(=O)O)C(=O)O. The zero-order valence-corrected chi connectivity index (χ0v) is 6.56. The van der Waals surface area contributed by atoms with E-state index in [4.69, 9.17) is 15.3 Å². The molecule has 0 unspecified atom stereocenters. The Hall–Kier alpha value is -1.79. The number of nitrogens with one attached hydrogen (secondary N) is 1. The number of carboxylic acids is 2. The first-order chi connectivity index (χ1) is 5.93. The van der Waals surface area contributed by atoms with Crippen molar-refractivity contribution in [1.82, 2.24) is 5.32 Å². The highest BCUT2D eigenvalue weighted by Crippen LogP contribution is 1.97.